The predicted octanol–water partition coefficient (Wildman–Crippen LogP) is 2.92. The zero-order chi connectivity index (χ0) is 14.6. The van der Waals surface area contributed by atoms with Gasteiger partial charge in [0.25, 0.3) is 0 Å². The maximum absolute atomic E-state index is 12.1. The van der Waals surface area contributed by atoms with E-state index in [0.717, 1.165) is 11.1 Å². The summed E-state index contributed by atoms with van der Waals surface area (Å²) in [4.78, 5) is 0. The first-order valence-corrected chi connectivity index (χ1v) is 7.76. The summed E-state index contributed by atoms with van der Waals surface area (Å²) in [5.74, 6) is 2.41. The Hall–Kier alpha value is -2.25. The van der Waals surface area contributed by atoms with Crippen LogP contribution in [0.1, 0.15) is 16.7 Å². The molecule has 0 fully saturated rings. The van der Waals surface area contributed by atoms with Crippen molar-refractivity contribution in [1.29, 1.82) is 0 Å². The lowest BCUT2D eigenvalue weighted by atomic mass is 10.2. The number of aryl methyl sites for hydroxylation is 1. The smallest absolute Gasteiger partial charge is 0.236 e. The van der Waals surface area contributed by atoms with Crippen molar-refractivity contribution in [2.45, 2.75) is 12.7 Å². The van der Waals surface area contributed by atoms with Gasteiger partial charge in [-0.1, -0.05) is 41.8 Å². The minimum atomic E-state index is -3.44. The lowest BCUT2D eigenvalue weighted by Gasteiger charge is -2.08. The average Bonchev–Trinajstić information content (AvgIpc) is 2.41. The summed E-state index contributed by atoms with van der Waals surface area (Å²) in [6.45, 7) is 1.96. The van der Waals surface area contributed by atoms with Crippen molar-refractivity contribution in [1.82, 2.24) is 0 Å². The Labute approximate surface area is 119 Å². The van der Waals surface area contributed by atoms with Crippen LogP contribution in [0.25, 0.3) is 0 Å². The van der Waals surface area contributed by atoms with Crippen molar-refractivity contribution < 1.29 is 8.42 Å². The molecular formula is C16H15NO2S. The summed E-state index contributed by atoms with van der Waals surface area (Å²) < 4.78 is 26.7. The molecule has 0 bridgehead atoms. The van der Waals surface area contributed by atoms with Gasteiger partial charge in [-0.2, -0.15) is 0 Å². The zero-order valence-electron chi connectivity index (χ0n) is 11.1. The molecule has 0 spiro atoms. The molecule has 0 aliphatic rings. The summed E-state index contributed by atoms with van der Waals surface area (Å²) in [7, 11) is -3.44. The summed E-state index contributed by atoms with van der Waals surface area (Å²) in [6.07, 6.45) is 5.29. The largest absolute Gasteiger partial charge is 0.283 e. The summed E-state index contributed by atoms with van der Waals surface area (Å²) in [5.41, 5.74) is 2.96. The summed E-state index contributed by atoms with van der Waals surface area (Å²) in [5, 5.41) is 0. The third-order valence-electron chi connectivity index (χ3n) is 2.78. The third kappa shape index (κ3) is 3.87. The number of terminal acetylenes is 1. The Balaban J connectivity index is 2.15. The highest BCUT2D eigenvalue weighted by molar-refractivity contribution is 7.91. The Morgan fingerprint density at radius 3 is 2.50 bits per heavy atom. The van der Waals surface area contributed by atoms with Gasteiger partial charge in [0, 0.05) is 11.3 Å². The molecule has 20 heavy (non-hydrogen) atoms. The van der Waals surface area contributed by atoms with Crippen molar-refractivity contribution >= 4 is 15.7 Å². The molecule has 0 aliphatic carbocycles. The molecule has 4 heteroatoms. The summed E-state index contributed by atoms with van der Waals surface area (Å²) in [6, 6.07) is 14.2. The van der Waals surface area contributed by atoms with Gasteiger partial charge in [-0.3, -0.25) is 4.72 Å². The maximum Gasteiger partial charge on any atom is 0.236 e. The standard InChI is InChI=1S/C16H15NO2S/c1-3-14-5-4-6-16(11-14)17-20(18,19)12-15-9-7-13(2)8-10-15/h1,4-11,17H,12H2,2H3. The van der Waals surface area contributed by atoms with Crippen LogP contribution in [0.15, 0.2) is 48.5 Å². The molecule has 0 aromatic heterocycles. The van der Waals surface area contributed by atoms with Crippen LogP contribution in [-0.4, -0.2) is 8.42 Å². The SMILES string of the molecule is C#Cc1cccc(NS(=O)(=O)Cc2ccc(C)cc2)c1. The van der Waals surface area contributed by atoms with Crippen molar-refractivity contribution in [3.63, 3.8) is 0 Å². The van der Waals surface area contributed by atoms with E-state index in [1.807, 2.05) is 31.2 Å². The highest BCUT2D eigenvalue weighted by Gasteiger charge is 2.11. The average molecular weight is 285 g/mol. The first kappa shape index (κ1) is 14.2. The van der Waals surface area contributed by atoms with Crippen LogP contribution >= 0.6 is 0 Å². The second-order valence-corrected chi connectivity index (χ2v) is 6.29. The van der Waals surface area contributed by atoms with Gasteiger partial charge in [0.05, 0.1) is 5.75 Å². The molecule has 0 amide bonds. The highest BCUT2D eigenvalue weighted by atomic mass is 32.2. The number of rotatable bonds is 4. The first-order valence-electron chi connectivity index (χ1n) is 6.11. The normalized spacial score (nSPS) is 10.8. The molecule has 2 aromatic rings. The molecule has 0 saturated heterocycles. The third-order valence-corrected chi connectivity index (χ3v) is 4.04. The molecule has 1 N–H and O–H groups in total. The quantitative estimate of drug-likeness (QED) is 0.878. The first-order chi connectivity index (χ1) is 9.48. The van der Waals surface area contributed by atoms with Crippen LogP contribution in [0.3, 0.4) is 0 Å². The van der Waals surface area contributed by atoms with Crippen LogP contribution < -0.4 is 4.72 Å². The van der Waals surface area contributed by atoms with Gasteiger partial charge >= 0.3 is 0 Å². The Kier molecular flexibility index (Phi) is 4.11. The molecule has 0 aliphatic heterocycles. The van der Waals surface area contributed by atoms with Gasteiger partial charge in [-0.15, -0.1) is 6.42 Å². The number of hydrogen-bond acceptors (Lipinski definition) is 2. The van der Waals surface area contributed by atoms with E-state index < -0.39 is 10.0 Å². The predicted molar refractivity (Wildman–Crippen MR) is 81.8 cm³/mol. The summed E-state index contributed by atoms with van der Waals surface area (Å²) >= 11 is 0. The molecule has 0 heterocycles. The monoisotopic (exact) mass is 285 g/mol. The van der Waals surface area contributed by atoms with Crippen molar-refractivity contribution in [2.75, 3.05) is 4.72 Å². The number of anilines is 1. The van der Waals surface area contributed by atoms with Crippen molar-refractivity contribution in [2.24, 2.45) is 0 Å². The van der Waals surface area contributed by atoms with E-state index in [1.165, 1.54) is 0 Å². The number of hydrogen-bond donors (Lipinski definition) is 1. The Bertz CT molecular complexity index is 741. The molecular weight excluding hydrogens is 270 g/mol. The molecule has 0 atom stereocenters. The minimum Gasteiger partial charge on any atom is -0.283 e. The van der Waals surface area contributed by atoms with Gasteiger partial charge in [0.1, 0.15) is 0 Å². The van der Waals surface area contributed by atoms with E-state index in [4.69, 9.17) is 6.42 Å². The molecule has 102 valence electrons. The van der Waals surface area contributed by atoms with Gasteiger partial charge in [0.15, 0.2) is 0 Å². The van der Waals surface area contributed by atoms with Gasteiger partial charge in [-0.25, -0.2) is 8.42 Å². The lowest BCUT2D eigenvalue weighted by molar-refractivity contribution is 0.600. The molecule has 2 rings (SSSR count). The number of nitrogens with one attached hydrogen (secondary N) is 1. The fraction of sp³-hybridized carbons (Fsp3) is 0.125. The maximum atomic E-state index is 12.1. The zero-order valence-corrected chi connectivity index (χ0v) is 11.9. The van der Waals surface area contributed by atoms with E-state index in [1.54, 1.807) is 24.3 Å². The Morgan fingerprint density at radius 2 is 1.85 bits per heavy atom. The molecule has 3 nitrogen and oxygen atoms in total. The second kappa shape index (κ2) is 5.81. The second-order valence-electron chi connectivity index (χ2n) is 4.57. The van der Waals surface area contributed by atoms with Crippen molar-refractivity contribution in [3.05, 3.63) is 65.2 Å². The van der Waals surface area contributed by atoms with Gasteiger partial charge < -0.3 is 0 Å². The van der Waals surface area contributed by atoms with Crippen LogP contribution in [0, 0.1) is 19.3 Å². The highest BCUT2D eigenvalue weighted by Crippen LogP contribution is 2.14. The molecule has 0 saturated carbocycles. The molecule has 2 aromatic carbocycles. The van der Waals surface area contributed by atoms with E-state index >= 15 is 0 Å². The van der Waals surface area contributed by atoms with E-state index in [0.29, 0.717) is 11.3 Å². The van der Waals surface area contributed by atoms with Crippen LogP contribution in [0.4, 0.5) is 5.69 Å². The minimum absolute atomic E-state index is 0.0619. The Morgan fingerprint density at radius 1 is 1.15 bits per heavy atom. The lowest BCUT2D eigenvalue weighted by Crippen LogP contribution is -2.15. The number of sulfonamides is 1. The fourth-order valence-electron chi connectivity index (χ4n) is 1.79. The van der Waals surface area contributed by atoms with Gasteiger partial charge in [0.2, 0.25) is 10.0 Å². The fourth-order valence-corrected chi connectivity index (χ4v) is 2.98. The topological polar surface area (TPSA) is 46.2 Å². The number of benzene rings is 2. The van der Waals surface area contributed by atoms with Crippen LogP contribution in [0.5, 0.6) is 0 Å². The van der Waals surface area contributed by atoms with E-state index in [2.05, 4.69) is 10.6 Å². The van der Waals surface area contributed by atoms with E-state index in [-0.39, 0.29) is 5.75 Å². The van der Waals surface area contributed by atoms with E-state index in [9.17, 15) is 8.42 Å². The van der Waals surface area contributed by atoms with Crippen molar-refractivity contribution in [3.8, 4) is 12.3 Å². The molecule has 0 unspecified atom stereocenters. The molecule has 0 radical (unpaired) electrons. The van der Waals surface area contributed by atoms with Crippen LogP contribution in [0.2, 0.25) is 0 Å². The van der Waals surface area contributed by atoms with Gasteiger partial charge in [-0.05, 0) is 30.7 Å². The van der Waals surface area contributed by atoms with Crippen LogP contribution in [-0.2, 0) is 15.8 Å².